The minimum absolute atomic E-state index is 0.0364. The Hall–Kier alpha value is -2.49. The van der Waals surface area contributed by atoms with Gasteiger partial charge in [0.1, 0.15) is 6.04 Å². The number of hydrogen-bond acceptors (Lipinski definition) is 5. The van der Waals surface area contributed by atoms with Crippen LogP contribution >= 0.6 is 0 Å². The quantitative estimate of drug-likeness (QED) is 0.227. The van der Waals surface area contributed by atoms with Gasteiger partial charge in [-0.25, -0.2) is 4.79 Å². The lowest BCUT2D eigenvalue weighted by Gasteiger charge is -2.31. The predicted molar refractivity (Wildman–Crippen MR) is 86.4 cm³/mol. The van der Waals surface area contributed by atoms with E-state index in [2.05, 4.69) is 16.6 Å². The third-order valence-corrected chi connectivity index (χ3v) is 3.79. The number of nitrogens with zero attached hydrogens (tertiary/aromatic N) is 6. The molecule has 11 heteroatoms. The Morgan fingerprint density at radius 1 is 1.71 bits per heavy atom. The number of azide groups is 1. The zero-order valence-corrected chi connectivity index (χ0v) is 13.4. The molecule has 0 aromatic carbocycles. The summed E-state index contributed by atoms with van der Waals surface area (Å²) < 4.78 is 0. The van der Waals surface area contributed by atoms with Gasteiger partial charge in [-0.2, -0.15) is 5.06 Å². The monoisotopic (exact) mass is 334 g/mol. The van der Waals surface area contributed by atoms with E-state index in [1.54, 1.807) is 12.2 Å². The standard InChI is InChI=1S/C13H19BN6O4/c1-3-8-24-20-10-4-5-11(18(9-10)13(20)22)12(21)19(14(2)23)7-6-16-17-15/h3-5,10-11,23H,1,6-9H2,2H3/t10?,11-/m0/s1. The summed E-state index contributed by atoms with van der Waals surface area (Å²) in [5, 5.41) is 14.4. The molecule has 1 N–H and O–H groups in total. The Morgan fingerprint density at radius 3 is 3.08 bits per heavy atom. The molecule has 0 spiro atoms. The number of carbonyl (C=O) groups excluding carboxylic acids is 2. The highest BCUT2D eigenvalue weighted by Gasteiger charge is 2.46. The van der Waals surface area contributed by atoms with Gasteiger partial charge in [-0.15, -0.1) is 6.58 Å². The van der Waals surface area contributed by atoms with Crippen molar-refractivity contribution in [3.05, 3.63) is 35.2 Å². The first-order valence-electron chi connectivity index (χ1n) is 7.52. The van der Waals surface area contributed by atoms with E-state index in [1.807, 2.05) is 0 Å². The molecule has 1 saturated heterocycles. The van der Waals surface area contributed by atoms with Gasteiger partial charge >= 0.3 is 13.1 Å². The van der Waals surface area contributed by atoms with E-state index in [0.717, 1.165) is 0 Å². The van der Waals surface area contributed by atoms with Gasteiger partial charge in [-0.05, 0) is 12.4 Å². The van der Waals surface area contributed by atoms with E-state index in [0.29, 0.717) is 6.54 Å². The summed E-state index contributed by atoms with van der Waals surface area (Å²) in [5.41, 5.74) is 8.33. The van der Waals surface area contributed by atoms with E-state index in [4.69, 9.17) is 10.4 Å². The summed E-state index contributed by atoms with van der Waals surface area (Å²) in [7, 11) is -1.07. The Balaban J connectivity index is 2.11. The average Bonchev–Trinajstić information content (AvgIpc) is 2.80. The van der Waals surface area contributed by atoms with Gasteiger partial charge in [0.05, 0.1) is 19.2 Å². The highest BCUT2D eigenvalue weighted by atomic mass is 16.7. The van der Waals surface area contributed by atoms with E-state index in [9.17, 15) is 14.6 Å². The number of hydroxylamine groups is 2. The van der Waals surface area contributed by atoms with Crippen molar-refractivity contribution in [1.82, 2.24) is 14.8 Å². The van der Waals surface area contributed by atoms with Crippen molar-refractivity contribution in [3.8, 4) is 0 Å². The molecule has 1 unspecified atom stereocenters. The molecule has 3 amide bonds. The lowest BCUT2D eigenvalue weighted by Crippen LogP contribution is -2.54. The molecular formula is C13H19BN6O4. The molecule has 2 aliphatic heterocycles. The molecule has 0 radical (unpaired) electrons. The smallest absolute Gasteiger partial charge is 0.411 e. The van der Waals surface area contributed by atoms with E-state index in [1.165, 1.54) is 27.7 Å². The minimum Gasteiger partial charge on any atom is -0.432 e. The van der Waals surface area contributed by atoms with E-state index >= 15 is 0 Å². The summed E-state index contributed by atoms with van der Waals surface area (Å²) in [6.45, 7) is 5.59. The SMILES string of the molecule is C=CCON1C(=O)N2CC1C=C[C@H]2C(=O)N(CCN=[N+]=[N-])B(C)O. The minimum atomic E-state index is -1.07. The molecule has 10 nitrogen and oxygen atoms in total. The maximum atomic E-state index is 12.7. The van der Waals surface area contributed by atoms with Crippen LogP contribution in [0.5, 0.6) is 0 Å². The summed E-state index contributed by atoms with van der Waals surface area (Å²) in [5.74, 6) is -0.438. The summed E-state index contributed by atoms with van der Waals surface area (Å²) in [6.07, 6.45) is 4.89. The first-order valence-corrected chi connectivity index (χ1v) is 7.52. The molecule has 128 valence electrons. The van der Waals surface area contributed by atoms with Gasteiger partial charge in [-0.3, -0.25) is 9.63 Å². The number of hydrogen-bond donors (Lipinski definition) is 1. The molecule has 0 aromatic heterocycles. The van der Waals surface area contributed by atoms with Crippen molar-refractivity contribution in [1.29, 1.82) is 0 Å². The number of amides is 3. The summed E-state index contributed by atoms with van der Waals surface area (Å²) in [4.78, 5) is 35.6. The molecular weight excluding hydrogens is 315 g/mol. The van der Waals surface area contributed by atoms with Gasteiger partial charge in [0, 0.05) is 18.0 Å². The van der Waals surface area contributed by atoms with Crippen LogP contribution in [0.2, 0.25) is 6.82 Å². The van der Waals surface area contributed by atoms with E-state index < -0.39 is 25.0 Å². The Bertz CT molecular complexity index is 591. The Morgan fingerprint density at radius 2 is 2.46 bits per heavy atom. The van der Waals surface area contributed by atoms with Gasteiger partial charge in [0.15, 0.2) is 0 Å². The third kappa shape index (κ3) is 3.53. The lowest BCUT2D eigenvalue weighted by atomic mass is 9.83. The van der Waals surface area contributed by atoms with Crippen molar-refractivity contribution in [2.45, 2.75) is 18.9 Å². The number of rotatable bonds is 8. The first kappa shape index (κ1) is 17.9. The fourth-order valence-electron chi connectivity index (χ4n) is 2.68. The van der Waals surface area contributed by atoms with Crippen molar-refractivity contribution in [2.75, 3.05) is 26.2 Å². The fourth-order valence-corrected chi connectivity index (χ4v) is 2.68. The average molecular weight is 334 g/mol. The number of carbonyl (C=O) groups is 2. The Labute approximate surface area is 139 Å². The maximum Gasteiger partial charge on any atom is 0.411 e. The molecule has 2 rings (SSSR count). The first-order chi connectivity index (χ1) is 11.5. The Kier molecular flexibility index (Phi) is 5.85. The van der Waals surface area contributed by atoms with Crippen LogP contribution in [0, 0.1) is 0 Å². The third-order valence-electron chi connectivity index (χ3n) is 3.79. The maximum absolute atomic E-state index is 12.7. The highest BCUT2D eigenvalue weighted by Crippen LogP contribution is 2.26. The van der Waals surface area contributed by atoms with Crippen molar-refractivity contribution in [2.24, 2.45) is 5.11 Å². The lowest BCUT2D eigenvalue weighted by molar-refractivity contribution is -0.130. The second-order valence-electron chi connectivity index (χ2n) is 5.36. The van der Waals surface area contributed by atoms with Crippen LogP contribution in [0.4, 0.5) is 4.79 Å². The second kappa shape index (κ2) is 7.87. The van der Waals surface area contributed by atoms with Crippen LogP contribution in [-0.4, -0.2) is 77.1 Å². The zero-order valence-electron chi connectivity index (χ0n) is 13.4. The normalized spacial score (nSPS) is 21.5. The molecule has 2 atom stereocenters. The van der Waals surface area contributed by atoms with Crippen LogP contribution < -0.4 is 0 Å². The van der Waals surface area contributed by atoms with Crippen molar-refractivity contribution in [3.63, 3.8) is 0 Å². The molecule has 2 bridgehead atoms. The zero-order chi connectivity index (χ0) is 17.7. The van der Waals surface area contributed by atoms with Gasteiger partial charge < -0.3 is 14.7 Å². The molecule has 2 heterocycles. The van der Waals surface area contributed by atoms with Crippen LogP contribution in [0.15, 0.2) is 29.9 Å². The van der Waals surface area contributed by atoms with Gasteiger partial charge in [0.2, 0.25) is 5.91 Å². The topological polar surface area (TPSA) is 122 Å². The molecule has 24 heavy (non-hydrogen) atoms. The van der Waals surface area contributed by atoms with Gasteiger partial charge in [0.25, 0.3) is 0 Å². The fraction of sp³-hybridized carbons (Fsp3) is 0.538. The van der Waals surface area contributed by atoms with Gasteiger partial charge in [-0.1, -0.05) is 23.3 Å². The highest BCUT2D eigenvalue weighted by molar-refractivity contribution is 6.49. The second-order valence-corrected chi connectivity index (χ2v) is 5.36. The molecule has 1 fully saturated rings. The van der Waals surface area contributed by atoms with Crippen LogP contribution in [0.3, 0.4) is 0 Å². The van der Waals surface area contributed by atoms with Crippen molar-refractivity contribution >= 4 is 19.0 Å². The largest absolute Gasteiger partial charge is 0.432 e. The van der Waals surface area contributed by atoms with Crippen LogP contribution in [-0.2, 0) is 9.63 Å². The van der Waals surface area contributed by atoms with Crippen molar-refractivity contribution < 1.29 is 19.5 Å². The van der Waals surface area contributed by atoms with Crippen LogP contribution in [0.25, 0.3) is 10.4 Å². The molecule has 2 aliphatic rings. The number of fused-ring (bicyclic) bond motifs is 2. The summed E-state index contributed by atoms with van der Waals surface area (Å²) >= 11 is 0. The molecule has 0 aromatic rings. The van der Waals surface area contributed by atoms with E-state index in [-0.39, 0.29) is 25.7 Å². The summed E-state index contributed by atoms with van der Waals surface area (Å²) in [6, 6.07) is -1.50. The molecule has 0 saturated carbocycles. The predicted octanol–water partition coefficient (Wildman–Crippen LogP) is 0.398. The molecule has 0 aliphatic carbocycles. The number of urea groups is 1. The van der Waals surface area contributed by atoms with Crippen LogP contribution in [0.1, 0.15) is 0 Å².